The molecule has 0 atom stereocenters. The fourth-order valence-corrected chi connectivity index (χ4v) is 1.98. The Morgan fingerprint density at radius 2 is 1.68 bits per heavy atom. The third-order valence-corrected chi connectivity index (χ3v) is 3.51. The predicted octanol–water partition coefficient (Wildman–Crippen LogP) is 2.55. The van der Waals surface area contributed by atoms with Crippen LogP contribution < -0.4 is 10.6 Å². The summed E-state index contributed by atoms with van der Waals surface area (Å²) >= 11 is 11.6. The Kier molecular flexibility index (Phi) is 5.75. The molecule has 0 saturated carbocycles. The summed E-state index contributed by atoms with van der Waals surface area (Å²) in [5, 5.41) is 6.05. The zero-order valence-electron chi connectivity index (χ0n) is 11.5. The lowest BCUT2D eigenvalue weighted by atomic mass is 10.2. The predicted molar refractivity (Wildman–Crippen MR) is 85.4 cm³/mol. The normalized spacial score (nSPS) is 10.1. The van der Waals surface area contributed by atoms with Gasteiger partial charge >= 0.3 is 0 Å². The van der Waals surface area contributed by atoms with Gasteiger partial charge in [-0.15, -0.1) is 0 Å². The van der Waals surface area contributed by atoms with Crippen molar-refractivity contribution in [3.63, 3.8) is 0 Å². The minimum absolute atomic E-state index is 0.286. The number of amides is 2. The standard InChI is InChI=1S/C15H13Cl2N3O2/c16-11-5-4-10(9-12(11)17)14(21)19-7-8-20-15(22)13-3-1-2-6-18-13/h1-6,9H,7-8H2,(H,19,21)(H,20,22). The zero-order valence-corrected chi connectivity index (χ0v) is 13.0. The van der Waals surface area contributed by atoms with Crippen LogP contribution in [-0.4, -0.2) is 29.9 Å². The molecule has 5 nitrogen and oxygen atoms in total. The first-order chi connectivity index (χ1) is 10.6. The number of carbonyl (C=O) groups is 2. The Balaban J connectivity index is 1.78. The highest BCUT2D eigenvalue weighted by Gasteiger charge is 2.08. The minimum Gasteiger partial charge on any atom is -0.350 e. The van der Waals surface area contributed by atoms with E-state index in [0.29, 0.717) is 27.8 Å². The average molecular weight is 338 g/mol. The molecule has 2 rings (SSSR count). The molecule has 1 aromatic carbocycles. The van der Waals surface area contributed by atoms with Crippen LogP contribution in [0.15, 0.2) is 42.6 Å². The summed E-state index contributed by atoms with van der Waals surface area (Å²) < 4.78 is 0. The highest BCUT2D eigenvalue weighted by molar-refractivity contribution is 6.42. The average Bonchev–Trinajstić information content (AvgIpc) is 2.54. The van der Waals surface area contributed by atoms with Gasteiger partial charge in [0, 0.05) is 24.8 Å². The Morgan fingerprint density at radius 1 is 0.955 bits per heavy atom. The molecular weight excluding hydrogens is 325 g/mol. The van der Waals surface area contributed by atoms with E-state index >= 15 is 0 Å². The second-order valence-electron chi connectivity index (χ2n) is 4.36. The molecule has 2 aromatic rings. The van der Waals surface area contributed by atoms with E-state index in [4.69, 9.17) is 23.2 Å². The zero-order chi connectivity index (χ0) is 15.9. The third-order valence-electron chi connectivity index (χ3n) is 2.78. The minimum atomic E-state index is -0.288. The summed E-state index contributed by atoms with van der Waals surface area (Å²) in [5.74, 6) is -0.574. The number of halogens is 2. The van der Waals surface area contributed by atoms with Gasteiger partial charge in [-0.25, -0.2) is 0 Å². The number of carbonyl (C=O) groups excluding carboxylic acids is 2. The van der Waals surface area contributed by atoms with Gasteiger partial charge in [0.15, 0.2) is 0 Å². The molecule has 0 aliphatic rings. The van der Waals surface area contributed by atoms with E-state index in [1.807, 2.05) is 0 Å². The van der Waals surface area contributed by atoms with Gasteiger partial charge < -0.3 is 10.6 Å². The SMILES string of the molecule is O=C(NCCNC(=O)c1ccccn1)c1ccc(Cl)c(Cl)c1. The van der Waals surface area contributed by atoms with Gasteiger partial charge in [0.2, 0.25) is 0 Å². The van der Waals surface area contributed by atoms with E-state index in [1.54, 1.807) is 36.5 Å². The second kappa shape index (κ2) is 7.77. The molecule has 0 fully saturated rings. The Bertz CT molecular complexity index is 678. The van der Waals surface area contributed by atoms with Gasteiger partial charge in [-0.2, -0.15) is 0 Å². The van der Waals surface area contributed by atoms with Crippen molar-refractivity contribution in [3.8, 4) is 0 Å². The van der Waals surface area contributed by atoms with E-state index < -0.39 is 0 Å². The lowest BCUT2D eigenvalue weighted by Gasteiger charge is -2.07. The molecule has 1 aromatic heterocycles. The second-order valence-corrected chi connectivity index (χ2v) is 5.17. The van der Waals surface area contributed by atoms with Crippen LogP contribution >= 0.6 is 23.2 Å². The van der Waals surface area contributed by atoms with E-state index in [0.717, 1.165) is 0 Å². The largest absolute Gasteiger partial charge is 0.350 e. The fraction of sp³-hybridized carbons (Fsp3) is 0.133. The molecule has 0 aliphatic carbocycles. The van der Waals surface area contributed by atoms with Gasteiger partial charge in [0.1, 0.15) is 5.69 Å². The molecule has 0 spiro atoms. The molecule has 7 heteroatoms. The van der Waals surface area contributed by atoms with Gasteiger partial charge in [0.25, 0.3) is 11.8 Å². The van der Waals surface area contributed by atoms with Crippen molar-refractivity contribution in [2.75, 3.05) is 13.1 Å². The van der Waals surface area contributed by atoms with Crippen LogP contribution in [-0.2, 0) is 0 Å². The van der Waals surface area contributed by atoms with Gasteiger partial charge in [0.05, 0.1) is 10.0 Å². The lowest BCUT2D eigenvalue weighted by molar-refractivity contribution is 0.0925. The van der Waals surface area contributed by atoms with Crippen LogP contribution in [0.25, 0.3) is 0 Å². The van der Waals surface area contributed by atoms with Gasteiger partial charge in [-0.3, -0.25) is 14.6 Å². The van der Waals surface area contributed by atoms with Crippen molar-refractivity contribution in [1.82, 2.24) is 15.6 Å². The molecule has 0 unspecified atom stereocenters. The first-order valence-corrected chi connectivity index (χ1v) is 7.26. The molecule has 0 aliphatic heterocycles. The fourth-order valence-electron chi connectivity index (χ4n) is 1.68. The smallest absolute Gasteiger partial charge is 0.269 e. The monoisotopic (exact) mass is 337 g/mol. The van der Waals surface area contributed by atoms with Crippen molar-refractivity contribution in [2.45, 2.75) is 0 Å². The van der Waals surface area contributed by atoms with Crippen LogP contribution in [0.1, 0.15) is 20.8 Å². The maximum absolute atomic E-state index is 11.9. The first kappa shape index (κ1) is 16.3. The van der Waals surface area contributed by atoms with Crippen LogP contribution in [0.5, 0.6) is 0 Å². The first-order valence-electron chi connectivity index (χ1n) is 6.50. The number of pyridine rings is 1. The maximum atomic E-state index is 11.9. The number of benzene rings is 1. The van der Waals surface area contributed by atoms with E-state index in [-0.39, 0.29) is 18.4 Å². The Morgan fingerprint density at radius 3 is 2.32 bits per heavy atom. The Hall–Kier alpha value is -2.11. The number of aromatic nitrogens is 1. The topological polar surface area (TPSA) is 71.1 Å². The molecular formula is C15H13Cl2N3O2. The summed E-state index contributed by atoms with van der Waals surface area (Å²) in [6.45, 7) is 0.583. The van der Waals surface area contributed by atoms with Crippen molar-refractivity contribution < 1.29 is 9.59 Å². The number of hydrogen-bond donors (Lipinski definition) is 2. The van der Waals surface area contributed by atoms with Gasteiger partial charge in [-0.05, 0) is 30.3 Å². The molecule has 0 radical (unpaired) electrons. The molecule has 2 N–H and O–H groups in total. The summed E-state index contributed by atoms with van der Waals surface area (Å²) in [6.07, 6.45) is 1.54. The summed E-state index contributed by atoms with van der Waals surface area (Å²) in [6, 6.07) is 9.70. The molecule has 114 valence electrons. The summed E-state index contributed by atoms with van der Waals surface area (Å²) in [5.41, 5.74) is 0.740. The molecule has 22 heavy (non-hydrogen) atoms. The van der Waals surface area contributed by atoms with E-state index in [1.165, 1.54) is 6.07 Å². The third kappa shape index (κ3) is 4.44. The molecule has 0 bridgehead atoms. The highest BCUT2D eigenvalue weighted by Crippen LogP contribution is 2.22. The van der Waals surface area contributed by atoms with Gasteiger partial charge in [-0.1, -0.05) is 29.3 Å². The number of nitrogens with one attached hydrogen (secondary N) is 2. The number of rotatable bonds is 5. The van der Waals surface area contributed by atoms with Crippen LogP contribution in [0, 0.1) is 0 Å². The van der Waals surface area contributed by atoms with E-state index in [9.17, 15) is 9.59 Å². The highest BCUT2D eigenvalue weighted by atomic mass is 35.5. The van der Waals surface area contributed by atoms with Crippen LogP contribution in [0.3, 0.4) is 0 Å². The number of nitrogens with zero attached hydrogens (tertiary/aromatic N) is 1. The summed E-state index contributed by atoms with van der Waals surface area (Å²) in [7, 11) is 0. The number of hydrogen-bond acceptors (Lipinski definition) is 3. The molecule has 0 saturated heterocycles. The quantitative estimate of drug-likeness (QED) is 0.823. The van der Waals surface area contributed by atoms with Crippen molar-refractivity contribution in [3.05, 3.63) is 63.9 Å². The maximum Gasteiger partial charge on any atom is 0.269 e. The Labute approximate surface area is 137 Å². The van der Waals surface area contributed by atoms with E-state index in [2.05, 4.69) is 15.6 Å². The van der Waals surface area contributed by atoms with Crippen molar-refractivity contribution in [2.24, 2.45) is 0 Å². The van der Waals surface area contributed by atoms with Crippen LogP contribution in [0.2, 0.25) is 10.0 Å². The van der Waals surface area contributed by atoms with Crippen molar-refractivity contribution in [1.29, 1.82) is 0 Å². The molecule has 1 heterocycles. The van der Waals surface area contributed by atoms with Crippen LogP contribution in [0.4, 0.5) is 0 Å². The molecule has 2 amide bonds. The lowest BCUT2D eigenvalue weighted by Crippen LogP contribution is -2.35. The summed E-state index contributed by atoms with van der Waals surface area (Å²) in [4.78, 5) is 27.5. The van der Waals surface area contributed by atoms with Crippen molar-refractivity contribution >= 4 is 35.0 Å².